The Balaban J connectivity index is 1.83. The fourth-order valence-electron chi connectivity index (χ4n) is 3.28. The van der Waals surface area contributed by atoms with E-state index in [9.17, 15) is 13.2 Å². The lowest BCUT2D eigenvalue weighted by Gasteiger charge is -2.38. The first-order valence-corrected chi connectivity index (χ1v) is 10.9. The molecular weight excluding hydrogens is 358 g/mol. The average molecular weight is 390 g/mol. The minimum Gasteiger partial charge on any atom is -0.368 e. The molecule has 0 aliphatic carbocycles. The van der Waals surface area contributed by atoms with Gasteiger partial charge in [-0.3, -0.25) is 9.79 Å². The van der Waals surface area contributed by atoms with Crippen molar-refractivity contribution in [2.45, 2.75) is 38.3 Å². The van der Waals surface area contributed by atoms with E-state index >= 15 is 0 Å². The Morgan fingerprint density at radius 1 is 1.23 bits per heavy atom. The highest BCUT2D eigenvalue weighted by molar-refractivity contribution is 7.88. The highest BCUT2D eigenvalue weighted by Crippen LogP contribution is 2.16. The quantitative estimate of drug-likeness (QED) is 0.472. The molecule has 2 aliphatic rings. The molecule has 9 nitrogen and oxygen atoms in total. The van der Waals surface area contributed by atoms with Crippen LogP contribution >= 0.6 is 0 Å². The Bertz CT molecular complexity index is 621. The molecule has 2 saturated heterocycles. The fraction of sp³-hybridized carbons (Fsp3) is 0.875. The summed E-state index contributed by atoms with van der Waals surface area (Å²) >= 11 is 0. The Hall–Kier alpha value is -1.39. The standard InChI is InChI=1S/C16H31N5O4S/c1-16(2,19-26(4,23)24)12-18-15(17-3)21-9-7-20(8-10-21)14(22)13-6-5-11-25-13/h13,19H,5-12H2,1-4H3,(H,17,18). The number of piperazine rings is 1. The van der Waals surface area contributed by atoms with Crippen LogP contribution in [0.4, 0.5) is 0 Å². The number of guanidine groups is 1. The molecule has 2 rings (SSSR count). The van der Waals surface area contributed by atoms with Gasteiger partial charge < -0.3 is 19.9 Å². The molecule has 0 saturated carbocycles. The van der Waals surface area contributed by atoms with Gasteiger partial charge in [0.05, 0.1) is 6.26 Å². The summed E-state index contributed by atoms with van der Waals surface area (Å²) in [6.07, 6.45) is 2.63. The van der Waals surface area contributed by atoms with Crippen LogP contribution in [0.1, 0.15) is 26.7 Å². The molecule has 10 heteroatoms. The molecule has 0 aromatic heterocycles. The van der Waals surface area contributed by atoms with Crippen molar-refractivity contribution in [2.24, 2.45) is 4.99 Å². The van der Waals surface area contributed by atoms with Crippen molar-refractivity contribution >= 4 is 21.9 Å². The maximum atomic E-state index is 12.4. The second-order valence-electron chi connectivity index (χ2n) is 7.47. The molecule has 150 valence electrons. The topological polar surface area (TPSA) is 103 Å². The number of sulfonamides is 1. The van der Waals surface area contributed by atoms with E-state index in [0.717, 1.165) is 19.1 Å². The van der Waals surface area contributed by atoms with Gasteiger partial charge >= 0.3 is 0 Å². The van der Waals surface area contributed by atoms with Gasteiger partial charge in [-0.25, -0.2) is 13.1 Å². The monoisotopic (exact) mass is 389 g/mol. The van der Waals surface area contributed by atoms with E-state index in [1.165, 1.54) is 0 Å². The van der Waals surface area contributed by atoms with Crippen LogP contribution in [0.25, 0.3) is 0 Å². The van der Waals surface area contributed by atoms with Crippen LogP contribution < -0.4 is 10.0 Å². The van der Waals surface area contributed by atoms with Crippen LogP contribution in [0.15, 0.2) is 4.99 Å². The zero-order valence-electron chi connectivity index (χ0n) is 16.1. The van der Waals surface area contributed by atoms with Crippen molar-refractivity contribution in [2.75, 3.05) is 52.6 Å². The maximum absolute atomic E-state index is 12.4. The smallest absolute Gasteiger partial charge is 0.251 e. The van der Waals surface area contributed by atoms with E-state index < -0.39 is 15.6 Å². The molecule has 0 radical (unpaired) electrons. The van der Waals surface area contributed by atoms with Gasteiger partial charge in [-0.2, -0.15) is 0 Å². The number of carbonyl (C=O) groups excluding carboxylic acids is 1. The summed E-state index contributed by atoms with van der Waals surface area (Å²) in [7, 11) is -1.59. The Labute approximate surface area is 156 Å². The lowest BCUT2D eigenvalue weighted by atomic mass is 10.1. The highest BCUT2D eigenvalue weighted by atomic mass is 32.2. The van der Waals surface area contributed by atoms with Crippen molar-refractivity contribution in [1.29, 1.82) is 0 Å². The highest BCUT2D eigenvalue weighted by Gasteiger charge is 2.31. The van der Waals surface area contributed by atoms with Crippen LogP contribution in [0, 0.1) is 0 Å². The molecule has 0 aromatic rings. The number of rotatable bonds is 5. The third-order valence-electron chi connectivity index (χ3n) is 4.46. The molecule has 1 unspecified atom stereocenters. The number of nitrogens with one attached hydrogen (secondary N) is 2. The molecular formula is C16H31N5O4S. The Morgan fingerprint density at radius 2 is 1.85 bits per heavy atom. The molecule has 1 atom stereocenters. The maximum Gasteiger partial charge on any atom is 0.251 e. The molecule has 2 fully saturated rings. The largest absolute Gasteiger partial charge is 0.368 e. The van der Waals surface area contributed by atoms with E-state index in [4.69, 9.17) is 4.74 Å². The minimum absolute atomic E-state index is 0.0867. The van der Waals surface area contributed by atoms with E-state index in [2.05, 4.69) is 19.9 Å². The summed E-state index contributed by atoms with van der Waals surface area (Å²) < 4.78 is 31.0. The summed E-state index contributed by atoms with van der Waals surface area (Å²) in [6, 6.07) is 0. The second kappa shape index (κ2) is 8.53. The fourth-order valence-corrected chi connectivity index (χ4v) is 4.36. The van der Waals surface area contributed by atoms with Crippen molar-refractivity contribution < 1.29 is 17.9 Å². The zero-order valence-corrected chi connectivity index (χ0v) is 16.9. The molecule has 26 heavy (non-hydrogen) atoms. The number of hydrogen-bond donors (Lipinski definition) is 2. The van der Waals surface area contributed by atoms with Crippen LogP contribution in [-0.2, 0) is 19.6 Å². The summed E-state index contributed by atoms with van der Waals surface area (Å²) in [5.41, 5.74) is -0.638. The Morgan fingerprint density at radius 3 is 2.35 bits per heavy atom. The van der Waals surface area contributed by atoms with Gasteiger partial charge in [-0.1, -0.05) is 0 Å². The molecule has 2 heterocycles. The summed E-state index contributed by atoms with van der Waals surface area (Å²) in [5, 5.41) is 3.22. The van der Waals surface area contributed by atoms with Crippen LogP contribution in [0.5, 0.6) is 0 Å². The van der Waals surface area contributed by atoms with Gasteiger partial charge in [0.2, 0.25) is 10.0 Å². The molecule has 1 amide bonds. The molecule has 2 N–H and O–H groups in total. The van der Waals surface area contributed by atoms with Crippen LogP contribution in [-0.4, -0.2) is 94.4 Å². The van der Waals surface area contributed by atoms with Gasteiger partial charge in [0.1, 0.15) is 6.10 Å². The van der Waals surface area contributed by atoms with Gasteiger partial charge in [0.15, 0.2) is 5.96 Å². The zero-order chi connectivity index (χ0) is 19.4. The number of carbonyl (C=O) groups is 1. The van der Waals surface area contributed by atoms with Gasteiger partial charge in [0, 0.05) is 51.9 Å². The van der Waals surface area contributed by atoms with E-state index in [-0.39, 0.29) is 12.0 Å². The first-order valence-electron chi connectivity index (χ1n) is 8.96. The SMILES string of the molecule is CN=C(NCC(C)(C)NS(C)(=O)=O)N1CCN(C(=O)C2CCCO2)CC1. The van der Waals surface area contributed by atoms with Crippen LogP contribution in [0.2, 0.25) is 0 Å². The number of hydrogen-bond acceptors (Lipinski definition) is 5. The second-order valence-corrected chi connectivity index (χ2v) is 9.22. The summed E-state index contributed by atoms with van der Waals surface area (Å²) in [4.78, 5) is 20.6. The Kier molecular flexibility index (Phi) is 6.86. The van der Waals surface area contributed by atoms with Crippen molar-refractivity contribution in [1.82, 2.24) is 19.8 Å². The number of ether oxygens (including phenoxy) is 1. The van der Waals surface area contributed by atoms with Gasteiger partial charge in [-0.05, 0) is 26.7 Å². The van der Waals surface area contributed by atoms with E-state index in [1.807, 2.05) is 18.7 Å². The van der Waals surface area contributed by atoms with E-state index in [1.54, 1.807) is 7.05 Å². The number of nitrogens with zero attached hydrogens (tertiary/aromatic N) is 3. The molecule has 0 aromatic carbocycles. The van der Waals surface area contributed by atoms with Crippen molar-refractivity contribution in [3.8, 4) is 0 Å². The van der Waals surface area contributed by atoms with Crippen molar-refractivity contribution in [3.63, 3.8) is 0 Å². The number of aliphatic imine (C=N–C) groups is 1. The molecule has 0 spiro atoms. The average Bonchev–Trinajstić information content (AvgIpc) is 3.07. The molecule has 2 aliphatic heterocycles. The first kappa shape index (κ1) is 20.9. The van der Waals surface area contributed by atoms with Gasteiger partial charge in [0.25, 0.3) is 5.91 Å². The van der Waals surface area contributed by atoms with E-state index in [0.29, 0.717) is 45.3 Å². The van der Waals surface area contributed by atoms with Crippen molar-refractivity contribution in [3.05, 3.63) is 0 Å². The summed E-state index contributed by atoms with van der Waals surface area (Å²) in [6.45, 7) is 7.32. The van der Waals surface area contributed by atoms with Gasteiger partial charge in [-0.15, -0.1) is 0 Å². The lowest BCUT2D eigenvalue weighted by Crippen LogP contribution is -2.58. The predicted molar refractivity (Wildman–Crippen MR) is 101 cm³/mol. The summed E-state index contributed by atoms with van der Waals surface area (Å²) in [5.74, 6) is 0.793. The predicted octanol–water partition coefficient (Wildman–Crippen LogP) is -0.787. The third kappa shape index (κ3) is 6.10. The molecule has 0 bridgehead atoms. The number of amides is 1. The minimum atomic E-state index is -3.29. The normalized spacial score (nSPS) is 22.6. The lowest BCUT2D eigenvalue weighted by molar-refractivity contribution is -0.142. The third-order valence-corrected chi connectivity index (χ3v) is 5.38. The van der Waals surface area contributed by atoms with Crippen LogP contribution in [0.3, 0.4) is 0 Å². The first-order chi connectivity index (χ1) is 12.1.